The summed E-state index contributed by atoms with van der Waals surface area (Å²) in [6.45, 7) is 0.852. The fourth-order valence-electron chi connectivity index (χ4n) is 1.75. The molecule has 17 heavy (non-hydrogen) atoms. The number of rotatable bonds is 4. The summed E-state index contributed by atoms with van der Waals surface area (Å²) in [5.41, 5.74) is 2.33. The summed E-state index contributed by atoms with van der Waals surface area (Å²) in [7, 11) is 2.07. The minimum atomic E-state index is 0.533. The Bertz CT molecular complexity index is 496. The molecular weight excluding hydrogens is 273 g/mol. The molecule has 2 aromatic rings. The maximum absolute atomic E-state index is 5.94. The third kappa shape index (κ3) is 3.15. The standard InChI is InChI=1S/C13H13Cl2NS/c1-16(9-11-6-7-13(15)17-11)12-5-3-2-4-10(12)8-14/h2-7H,8-9H2,1H3. The van der Waals surface area contributed by atoms with E-state index in [9.17, 15) is 0 Å². The van der Waals surface area contributed by atoms with Crippen molar-refractivity contribution >= 4 is 40.2 Å². The molecule has 0 atom stereocenters. The average molecular weight is 286 g/mol. The van der Waals surface area contributed by atoms with E-state index in [0.717, 1.165) is 16.4 Å². The summed E-state index contributed by atoms with van der Waals surface area (Å²) in [6, 6.07) is 12.2. The molecule has 0 spiro atoms. The van der Waals surface area contributed by atoms with Crippen molar-refractivity contribution in [1.82, 2.24) is 0 Å². The molecule has 0 radical (unpaired) electrons. The Morgan fingerprint density at radius 2 is 1.94 bits per heavy atom. The van der Waals surface area contributed by atoms with Crippen LogP contribution in [-0.4, -0.2) is 7.05 Å². The predicted molar refractivity (Wildman–Crippen MR) is 77.4 cm³/mol. The van der Waals surface area contributed by atoms with Gasteiger partial charge in [0.05, 0.1) is 10.9 Å². The molecule has 0 saturated heterocycles. The van der Waals surface area contributed by atoms with Crippen molar-refractivity contribution < 1.29 is 0 Å². The highest BCUT2D eigenvalue weighted by molar-refractivity contribution is 7.16. The van der Waals surface area contributed by atoms with Crippen LogP contribution in [0.2, 0.25) is 4.34 Å². The summed E-state index contributed by atoms with van der Waals surface area (Å²) < 4.78 is 0.832. The van der Waals surface area contributed by atoms with Crippen LogP contribution >= 0.6 is 34.5 Å². The van der Waals surface area contributed by atoms with Gasteiger partial charge in [-0.05, 0) is 23.8 Å². The number of anilines is 1. The lowest BCUT2D eigenvalue weighted by molar-refractivity contribution is 0.932. The van der Waals surface area contributed by atoms with Gasteiger partial charge in [-0.15, -0.1) is 22.9 Å². The minimum absolute atomic E-state index is 0.533. The average Bonchev–Trinajstić information content (AvgIpc) is 2.74. The number of para-hydroxylation sites is 1. The maximum Gasteiger partial charge on any atom is 0.0931 e. The largest absolute Gasteiger partial charge is 0.369 e. The SMILES string of the molecule is CN(Cc1ccc(Cl)s1)c1ccccc1CCl. The van der Waals surface area contributed by atoms with Gasteiger partial charge in [-0.1, -0.05) is 29.8 Å². The van der Waals surface area contributed by atoms with Gasteiger partial charge in [0.2, 0.25) is 0 Å². The smallest absolute Gasteiger partial charge is 0.0931 e. The van der Waals surface area contributed by atoms with Gasteiger partial charge in [0, 0.05) is 23.5 Å². The highest BCUT2D eigenvalue weighted by atomic mass is 35.5. The molecule has 0 aliphatic rings. The molecular formula is C13H13Cl2NS. The Morgan fingerprint density at radius 3 is 2.59 bits per heavy atom. The van der Waals surface area contributed by atoms with Crippen LogP contribution in [0, 0.1) is 0 Å². The predicted octanol–water partition coefficient (Wildman–Crippen LogP) is 4.78. The zero-order chi connectivity index (χ0) is 12.3. The molecule has 1 aromatic carbocycles. The maximum atomic E-state index is 5.94. The van der Waals surface area contributed by atoms with Crippen molar-refractivity contribution in [2.24, 2.45) is 0 Å². The number of alkyl halides is 1. The highest BCUT2D eigenvalue weighted by Crippen LogP contribution is 2.26. The molecule has 0 aliphatic carbocycles. The first-order valence-electron chi connectivity index (χ1n) is 5.30. The Hall–Kier alpha value is -0.700. The first kappa shape index (κ1) is 12.7. The topological polar surface area (TPSA) is 3.24 Å². The fourth-order valence-corrected chi connectivity index (χ4v) is 3.12. The van der Waals surface area contributed by atoms with Gasteiger partial charge >= 0.3 is 0 Å². The number of hydrogen-bond acceptors (Lipinski definition) is 2. The van der Waals surface area contributed by atoms with Crippen molar-refractivity contribution in [2.75, 3.05) is 11.9 Å². The zero-order valence-corrected chi connectivity index (χ0v) is 11.8. The van der Waals surface area contributed by atoms with E-state index in [0.29, 0.717) is 5.88 Å². The molecule has 1 nitrogen and oxygen atoms in total. The summed E-state index contributed by atoms with van der Waals surface area (Å²) in [4.78, 5) is 3.45. The van der Waals surface area contributed by atoms with Crippen LogP contribution in [0.25, 0.3) is 0 Å². The molecule has 0 aliphatic heterocycles. The van der Waals surface area contributed by atoms with Gasteiger partial charge in [-0.25, -0.2) is 0 Å². The Morgan fingerprint density at radius 1 is 1.18 bits per heavy atom. The van der Waals surface area contributed by atoms with E-state index in [1.165, 1.54) is 10.6 Å². The number of thiophene rings is 1. The Balaban J connectivity index is 2.16. The van der Waals surface area contributed by atoms with Crippen LogP contribution in [0.4, 0.5) is 5.69 Å². The van der Waals surface area contributed by atoms with Crippen molar-refractivity contribution in [1.29, 1.82) is 0 Å². The molecule has 0 fully saturated rings. The van der Waals surface area contributed by atoms with Gasteiger partial charge < -0.3 is 4.90 Å². The van der Waals surface area contributed by atoms with Crippen molar-refractivity contribution in [3.8, 4) is 0 Å². The van der Waals surface area contributed by atoms with Crippen LogP contribution in [0.3, 0.4) is 0 Å². The molecule has 2 rings (SSSR count). The Kier molecular flexibility index (Phi) is 4.32. The second kappa shape index (κ2) is 5.76. The van der Waals surface area contributed by atoms with E-state index in [4.69, 9.17) is 23.2 Å². The van der Waals surface area contributed by atoms with Crippen LogP contribution in [0.1, 0.15) is 10.4 Å². The van der Waals surface area contributed by atoms with Gasteiger partial charge in [-0.3, -0.25) is 0 Å². The van der Waals surface area contributed by atoms with Crippen molar-refractivity contribution in [2.45, 2.75) is 12.4 Å². The molecule has 0 N–H and O–H groups in total. The summed E-state index contributed by atoms with van der Waals surface area (Å²) >= 11 is 13.5. The molecule has 0 amide bonds. The minimum Gasteiger partial charge on any atom is -0.369 e. The number of hydrogen-bond donors (Lipinski definition) is 0. The van der Waals surface area contributed by atoms with Crippen LogP contribution in [0.5, 0.6) is 0 Å². The molecule has 1 heterocycles. The van der Waals surface area contributed by atoms with Crippen LogP contribution in [-0.2, 0) is 12.4 Å². The van der Waals surface area contributed by atoms with E-state index in [2.05, 4.69) is 30.1 Å². The first-order valence-corrected chi connectivity index (χ1v) is 7.03. The second-order valence-electron chi connectivity index (χ2n) is 3.82. The van der Waals surface area contributed by atoms with E-state index < -0.39 is 0 Å². The number of benzene rings is 1. The first-order chi connectivity index (χ1) is 8.20. The lowest BCUT2D eigenvalue weighted by Crippen LogP contribution is -2.16. The quantitative estimate of drug-likeness (QED) is 0.731. The molecule has 1 aromatic heterocycles. The normalized spacial score (nSPS) is 10.5. The van der Waals surface area contributed by atoms with Gasteiger partial charge in [0.15, 0.2) is 0 Å². The van der Waals surface area contributed by atoms with E-state index in [-0.39, 0.29) is 0 Å². The van der Waals surface area contributed by atoms with E-state index in [1.807, 2.05) is 18.2 Å². The van der Waals surface area contributed by atoms with Crippen LogP contribution < -0.4 is 4.90 Å². The lowest BCUT2D eigenvalue weighted by Gasteiger charge is -2.21. The monoisotopic (exact) mass is 285 g/mol. The van der Waals surface area contributed by atoms with Crippen molar-refractivity contribution in [3.63, 3.8) is 0 Å². The third-order valence-corrected chi connectivity index (χ3v) is 4.07. The molecule has 0 bridgehead atoms. The number of halogens is 2. The van der Waals surface area contributed by atoms with Crippen LogP contribution in [0.15, 0.2) is 36.4 Å². The molecule has 0 unspecified atom stereocenters. The zero-order valence-electron chi connectivity index (χ0n) is 9.49. The highest BCUT2D eigenvalue weighted by Gasteiger charge is 2.07. The van der Waals surface area contributed by atoms with E-state index in [1.54, 1.807) is 11.3 Å². The van der Waals surface area contributed by atoms with Gasteiger partial charge in [-0.2, -0.15) is 0 Å². The summed E-state index contributed by atoms with van der Waals surface area (Å²) in [5.74, 6) is 0.533. The van der Waals surface area contributed by atoms with Gasteiger partial charge in [0.25, 0.3) is 0 Å². The molecule has 90 valence electrons. The fraction of sp³-hybridized carbons (Fsp3) is 0.231. The summed E-state index contributed by atoms with van der Waals surface area (Å²) in [5, 5.41) is 0. The van der Waals surface area contributed by atoms with Crippen molar-refractivity contribution in [3.05, 3.63) is 51.2 Å². The van der Waals surface area contributed by atoms with Gasteiger partial charge in [0.1, 0.15) is 0 Å². The Labute approximate surface area is 116 Å². The third-order valence-electron chi connectivity index (χ3n) is 2.57. The van der Waals surface area contributed by atoms with E-state index >= 15 is 0 Å². The molecule has 4 heteroatoms. The molecule has 0 saturated carbocycles. The number of nitrogens with zero attached hydrogens (tertiary/aromatic N) is 1. The summed E-state index contributed by atoms with van der Waals surface area (Å²) in [6.07, 6.45) is 0. The lowest BCUT2D eigenvalue weighted by atomic mass is 10.2. The second-order valence-corrected chi connectivity index (χ2v) is 5.89.